The second-order valence-electron chi connectivity index (χ2n) is 20.0. The van der Waals surface area contributed by atoms with Crippen LogP contribution >= 0.6 is 0 Å². The fourth-order valence-corrected chi connectivity index (χ4v) is 11.6. The number of hydrogen-bond acceptors (Lipinski definition) is 3. The van der Waals surface area contributed by atoms with Gasteiger partial charge >= 0.3 is 0 Å². The van der Waals surface area contributed by atoms with Crippen LogP contribution in [0.1, 0.15) is 54.2 Å². The number of benzene rings is 9. The predicted molar refractivity (Wildman–Crippen MR) is 292 cm³/mol. The number of nitrogens with zero attached hydrogens (tertiary/aromatic N) is 4. The number of pyridine rings is 1. The molecule has 0 bridgehead atoms. The van der Waals surface area contributed by atoms with Crippen LogP contribution in [-0.2, 0) is 17.4 Å². The molecule has 0 radical (unpaired) electrons. The van der Waals surface area contributed by atoms with E-state index in [2.05, 4.69) is 266 Å². The van der Waals surface area contributed by atoms with E-state index in [1.54, 1.807) is 0 Å². The predicted octanol–water partition coefficient (Wildman–Crippen LogP) is 16.3. The lowest BCUT2D eigenvalue weighted by Gasteiger charge is -2.35. The van der Waals surface area contributed by atoms with Crippen molar-refractivity contribution >= 4 is 38.9 Å². The molecule has 2 aromatic heterocycles. The maximum atomic E-state index is 5.16. The summed E-state index contributed by atoms with van der Waals surface area (Å²) in [4.78, 5) is 10.2. The molecule has 0 spiro atoms. The van der Waals surface area contributed by atoms with E-state index in [-0.39, 0.29) is 5.41 Å². The molecule has 4 nitrogen and oxygen atoms in total. The normalized spacial score (nSPS) is 13.7. The SMILES string of the molecule is CC(C)(C)c1ccnc(-n2c3ccc(-c4ccccc4)cc3c3ccc(C4(c5cc(-c6ccccc6)cc(N6CN(Cc7ccccc7)c7ccccc76)c5)c5ccccc5-c5ccccc54)cc32)c1. The number of rotatable bonds is 8. The molecule has 4 heteroatoms. The molecule has 11 aromatic rings. The van der Waals surface area contributed by atoms with E-state index < -0.39 is 5.41 Å². The Kier molecular flexibility index (Phi) is 9.74. The minimum Gasteiger partial charge on any atom is -0.347 e. The van der Waals surface area contributed by atoms with Gasteiger partial charge in [-0.2, -0.15) is 0 Å². The van der Waals surface area contributed by atoms with Gasteiger partial charge in [0.25, 0.3) is 0 Å². The summed E-state index contributed by atoms with van der Waals surface area (Å²) in [5.41, 5.74) is 19.9. The summed E-state index contributed by atoms with van der Waals surface area (Å²) < 4.78 is 2.41. The summed E-state index contributed by atoms with van der Waals surface area (Å²) in [6.07, 6.45) is 1.98. The Bertz CT molecular complexity index is 3720. The third kappa shape index (κ3) is 6.70. The van der Waals surface area contributed by atoms with Crippen LogP contribution in [0.5, 0.6) is 0 Å². The molecular weight excluding hydrogens is 849 g/mol. The Labute approximate surface area is 410 Å². The van der Waals surface area contributed by atoms with Gasteiger partial charge in [-0.15, -0.1) is 0 Å². The molecule has 0 unspecified atom stereocenters. The van der Waals surface area contributed by atoms with Crippen molar-refractivity contribution in [1.82, 2.24) is 9.55 Å². The van der Waals surface area contributed by atoms with Gasteiger partial charge in [-0.05, 0) is 133 Å². The van der Waals surface area contributed by atoms with Gasteiger partial charge in [-0.25, -0.2) is 4.98 Å². The Morgan fingerprint density at radius 3 is 1.80 bits per heavy atom. The highest BCUT2D eigenvalue weighted by molar-refractivity contribution is 6.11. The number of aromatic nitrogens is 2. The molecule has 0 fully saturated rings. The molecule has 1 aliphatic carbocycles. The molecule has 0 N–H and O–H groups in total. The van der Waals surface area contributed by atoms with E-state index in [9.17, 15) is 0 Å². The first-order chi connectivity index (χ1) is 34.3. The zero-order valence-corrected chi connectivity index (χ0v) is 39.7. The quantitative estimate of drug-likeness (QED) is 0.152. The second kappa shape index (κ2) is 16.4. The van der Waals surface area contributed by atoms with Crippen molar-refractivity contribution in [3.63, 3.8) is 0 Å². The van der Waals surface area contributed by atoms with Crippen LogP contribution in [0, 0.1) is 0 Å². The minimum absolute atomic E-state index is 0.0562. The topological polar surface area (TPSA) is 24.3 Å². The maximum absolute atomic E-state index is 5.16. The second-order valence-corrected chi connectivity index (χ2v) is 20.0. The first-order valence-corrected chi connectivity index (χ1v) is 24.5. The Morgan fingerprint density at radius 1 is 0.471 bits per heavy atom. The van der Waals surface area contributed by atoms with Gasteiger partial charge in [0, 0.05) is 29.2 Å². The van der Waals surface area contributed by atoms with E-state index in [0.717, 1.165) is 35.8 Å². The Hall–Kier alpha value is -8.47. The van der Waals surface area contributed by atoms with Crippen molar-refractivity contribution in [2.24, 2.45) is 0 Å². The molecule has 13 rings (SSSR count). The molecular formula is C66H52N4. The van der Waals surface area contributed by atoms with Crippen molar-refractivity contribution in [2.45, 2.75) is 38.1 Å². The van der Waals surface area contributed by atoms with Crippen LogP contribution in [0.15, 0.2) is 237 Å². The highest BCUT2D eigenvalue weighted by Gasteiger charge is 2.47. The van der Waals surface area contributed by atoms with Crippen molar-refractivity contribution in [3.05, 3.63) is 270 Å². The van der Waals surface area contributed by atoms with Crippen LogP contribution in [0.25, 0.3) is 61.0 Å². The van der Waals surface area contributed by atoms with Gasteiger partial charge in [-0.3, -0.25) is 4.57 Å². The number of anilines is 3. The van der Waals surface area contributed by atoms with Crippen molar-refractivity contribution in [1.29, 1.82) is 0 Å². The van der Waals surface area contributed by atoms with E-state index in [4.69, 9.17) is 4.98 Å². The van der Waals surface area contributed by atoms with E-state index in [1.165, 1.54) is 88.9 Å². The molecule has 1 aliphatic heterocycles. The standard InChI is InChI=1S/C66H52N4/c1-65(2,3)50-35-36-67-64(42-50)70-60-34-31-48(46-21-9-5-10-22-46)39-57(60)56-33-32-51(41-63(56)70)66(58-27-15-13-25-54(58)55-26-14-16-28-59(55)66)52-37-49(47-23-11-6-12-24-47)38-53(40-52)69-44-68(43-45-19-7-4-8-20-45)61-29-17-18-30-62(61)69/h4-42H,43-44H2,1-3H3. The highest BCUT2D eigenvalue weighted by atomic mass is 15.4. The third-order valence-electron chi connectivity index (χ3n) is 14.9. The smallest absolute Gasteiger partial charge is 0.137 e. The van der Waals surface area contributed by atoms with Crippen LogP contribution in [-0.4, -0.2) is 16.2 Å². The third-order valence-corrected chi connectivity index (χ3v) is 14.9. The number of para-hydroxylation sites is 2. The van der Waals surface area contributed by atoms with Gasteiger partial charge < -0.3 is 9.80 Å². The summed E-state index contributed by atoms with van der Waals surface area (Å²) in [5.74, 6) is 0.916. The van der Waals surface area contributed by atoms with Crippen LogP contribution in [0.3, 0.4) is 0 Å². The summed E-state index contributed by atoms with van der Waals surface area (Å²) in [6.45, 7) is 8.38. The molecule has 0 amide bonds. The maximum Gasteiger partial charge on any atom is 0.137 e. The van der Waals surface area contributed by atoms with E-state index in [1.807, 2.05) is 6.20 Å². The van der Waals surface area contributed by atoms with Crippen molar-refractivity contribution < 1.29 is 0 Å². The highest BCUT2D eigenvalue weighted by Crippen LogP contribution is 2.58. The van der Waals surface area contributed by atoms with Gasteiger partial charge in [0.15, 0.2) is 0 Å². The molecule has 9 aromatic carbocycles. The Balaban J connectivity index is 1.10. The first kappa shape index (κ1) is 41.7. The molecule has 0 atom stereocenters. The van der Waals surface area contributed by atoms with Gasteiger partial charge in [0.1, 0.15) is 5.82 Å². The zero-order chi connectivity index (χ0) is 47.0. The van der Waals surface area contributed by atoms with Crippen LogP contribution in [0.4, 0.5) is 17.1 Å². The van der Waals surface area contributed by atoms with Crippen LogP contribution < -0.4 is 9.80 Å². The lowest BCUT2D eigenvalue weighted by molar-refractivity contribution is 0.588. The fourth-order valence-electron chi connectivity index (χ4n) is 11.6. The largest absolute Gasteiger partial charge is 0.347 e. The van der Waals surface area contributed by atoms with Crippen LogP contribution in [0.2, 0.25) is 0 Å². The average molecular weight is 901 g/mol. The zero-order valence-electron chi connectivity index (χ0n) is 39.7. The van der Waals surface area contributed by atoms with Gasteiger partial charge in [0.2, 0.25) is 0 Å². The fraction of sp³-hybridized carbons (Fsp3) is 0.106. The summed E-state index contributed by atoms with van der Waals surface area (Å²) >= 11 is 0. The van der Waals surface area contributed by atoms with E-state index in [0.29, 0.717) is 0 Å². The first-order valence-electron chi connectivity index (χ1n) is 24.5. The molecule has 0 saturated carbocycles. The summed E-state index contributed by atoms with van der Waals surface area (Å²) in [7, 11) is 0. The van der Waals surface area contributed by atoms with Gasteiger partial charge in [-0.1, -0.05) is 191 Å². The molecule has 0 saturated heterocycles. The minimum atomic E-state index is -0.693. The number of fused-ring (bicyclic) bond motifs is 7. The summed E-state index contributed by atoms with van der Waals surface area (Å²) in [5, 5.41) is 2.40. The molecule has 336 valence electrons. The summed E-state index contributed by atoms with van der Waals surface area (Å²) in [6, 6.07) is 85.6. The molecule has 70 heavy (non-hydrogen) atoms. The van der Waals surface area contributed by atoms with Crippen molar-refractivity contribution in [2.75, 3.05) is 16.5 Å². The molecule has 2 aliphatic rings. The average Bonchev–Trinajstić information content (AvgIpc) is 4.05. The van der Waals surface area contributed by atoms with Gasteiger partial charge in [0.05, 0.1) is 34.5 Å². The lowest BCUT2D eigenvalue weighted by atomic mass is 9.67. The molecule has 3 heterocycles. The monoisotopic (exact) mass is 900 g/mol. The van der Waals surface area contributed by atoms with E-state index >= 15 is 0 Å². The Morgan fingerprint density at radius 2 is 1.10 bits per heavy atom. The lowest BCUT2D eigenvalue weighted by Crippen LogP contribution is -2.30. The van der Waals surface area contributed by atoms with Crippen molar-refractivity contribution in [3.8, 4) is 39.2 Å². The number of hydrogen-bond donors (Lipinski definition) is 0.